The van der Waals surface area contributed by atoms with E-state index in [-0.39, 0.29) is 5.79 Å². The Morgan fingerprint density at radius 1 is 0.793 bits per heavy atom. The number of benzene rings is 1. The number of ether oxygens (including phenoxy) is 2. The van der Waals surface area contributed by atoms with Gasteiger partial charge in [0.25, 0.3) is 0 Å². The fourth-order valence-corrected chi connectivity index (χ4v) is 4.36. The molecule has 5 rings (SSSR count). The highest BCUT2D eigenvalue weighted by Gasteiger charge is 2.40. The van der Waals surface area contributed by atoms with Gasteiger partial charge in [0.15, 0.2) is 11.6 Å². The van der Waals surface area contributed by atoms with Crippen LogP contribution in [0, 0.1) is 0 Å². The van der Waals surface area contributed by atoms with Gasteiger partial charge in [0.2, 0.25) is 0 Å². The molecule has 0 radical (unpaired) electrons. The van der Waals surface area contributed by atoms with Crippen molar-refractivity contribution in [2.24, 2.45) is 0 Å². The summed E-state index contributed by atoms with van der Waals surface area (Å²) in [5.74, 6) is 2.45. The van der Waals surface area contributed by atoms with Crippen LogP contribution in [-0.2, 0) is 9.47 Å². The number of aromatic nitrogens is 2. The molecule has 1 spiro atoms. The molecule has 0 aliphatic carbocycles. The van der Waals surface area contributed by atoms with E-state index >= 15 is 0 Å². The minimum Gasteiger partial charge on any atom is -0.356 e. The van der Waals surface area contributed by atoms with E-state index in [1.807, 2.05) is 18.2 Å². The van der Waals surface area contributed by atoms with Crippen molar-refractivity contribution in [1.82, 2.24) is 14.9 Å². The molecule has 4 heterocycles. The number of nitrogens with zero attached hydrogens (tertiary/aromatic N) is 5. The Morgan fingerprint density at radius 3 is 2.00 bits per heavy atom. The third kappa shape index (κ3) is 3.95. The number of likely N-dealkylation sites (N-methyl/N-ethyl adjacent to an activating group) is 1. The average Bonchev–Trinajstić information content (AvgIpc) is 3.23. The van der Waals surface area contributed by atoms with Crippen LogP contribution in [0.1, 0.15) is 12.8 Å². The summed E-state index contributed by atoms with van der Waals surface area (Å²) in [5, 5.41) is 0. The number of anilines is 2. The smallest absolute Gasteiger partial charge is 0.171 e. The summed E-state index contributed by atoms with van der Waals surface area (Å²) < 4.78 is 11.8. The molecule has 154 valence electrons. The second-order valence-electron chi connectivity index (χ2n) is 8.16. The van der Waals surface area contributed by atoms with E-state index in [4.69, 9.17) is 19.4 Å². The summed E-state index contributed by atoms with van der Waals surface area (Å²) >= 11 is 0. The number of piperidine rings is 1. The fourth-order valence-electron chi connectivity index (χ4n) is 4.36. The maximum atomic E-state index is 5.89. The van der Waals surface area contributed by atoms with Crippen LogP contribution in [0.5, 0.6) is 0 Å². The molecule has 7 heteroatoms. The summed E-state index contributed by atoms with van der Waals surface area (Å²) in [6.45, 7) is 7.28. The molecule has 0 amide bonds. The van der Waals surface area contributed by atoms with E-state index in [1.165, 1.54) is 0 Å². The minimum atomic E-state index is -0.369. The highest BCUT2D eigenvalue weighted by molar-refractivity contribution is 5.62. The van der Waals surface area contributed by atoms with Crippen molar-refractivity contribution in [3.63, 3.8) is 0 Å². The summed E-state index contributed by atoms with van der Waals surface area (Å²) in [6, 6.07) is 12.4. The van der Waals surface area contributed by atoms with Gasteiger partial charge in [0.05, 0.1) is 13.2 Å². The zero-order valence-electron chi connectivity index (χ0n) is 17.1. The molecule has 0 saturated carbocycles. The topological polar surface area (TPSA) is 54.0 Å². The lowest BCUT2D eigenvalue weighted by Crippen LogP contribution is -2.46. The third-order valence-electron chi connectivity index (χ3n) is 6.22. The van der Waals surface area contributed by atoms with Crippen LogP contribution in [0.4, 0.5) is 11.6 Å². The summed E-state index contributed by atoms with van der Waals surface area (Å²) in [4.78, 5) is 17.0. The lowest BCUT2D eigenvalue weighted by atomic mass is 10.0. The predicted octanol–water partition coefficient (Wildman–Crippen LogP) is 2.24. The van der Waals surface area contributed by atoms with Crippen molar-refractivity contribution < 1.29 is 9.47 Å². The van der Waals surface area contributed by atoms with Crippen molar-refractivity contribution in [1.29, 1.82) is 0 Å². The van der Waals surface area contributed by atoms with Crippen LogP contribution < -0.4 is 9.80 Å². The van der Waals surface area contributed by atoms with E-state index in [1.54, 1.807) is 0 Å². The normalized spacial score (nSPS) is 22.4. The van der Waals surface area contributed by atoms with Crippen LogP contribution in [0.2, 0.25) is 0 Å². The Hall–Kier alpha value is -2.22. The summed E-state index contributed by atoms with van der Waals surface area (Å²) in [5.41, 5.74) is 1.06. The van der Waals surface area contributed by atoms with Gasteiger partial charge in [-0.3, -0.25) is 0 Å². The first-order valence-corrected chi connectivity index (χ1v) is 10.6. The largest absolute Gasteiger partial charge is 0.356 e. The molecule has 1 aromatic carbocycles. The monoisotopic (exact) mass is 395 g/mol. The van der Waals surface area contributed by atoms with Crippen LogP contribution in [0.25, 0.3) is 11.4 Å². The van der Waals surface area contributed by atoms with Crippen LogP contribution in [0.15, 0.2) is 36.4 Å². The first kappa shape index (κ1) is 18.8. The molecule has 0 atom stereocenters. The Balaban J connectivity index is 1.43. The zero-order chi connectivity index (χ0) is 19.7. The molecule has 1 aromatic heterocycles. The molecule has 3 saturated heterocycles. The van der Waals surface area contributed by atoms with E-state index in [2.05, 4.69) is 39.9 Å². The maximum Gasteiger partial charge on any atom is 0.171 e. The summed E-state index contributed by atoms with van der Waals surface area (Å²) in [6.07, 6.45) is 1.75. The predicted molar refractivity (Wildman–Crippen MR) is 113 cm³/mol. The number of rotatable bonds is 3. The van der Waals surface area contributed by atoms with Crippen LogP contribution in [-0.4, -0.2) is 80.2 Å². The Morgan fingerprint density at radius 2 is 1.38 bits per heavy atom. The van der Waals surface area contributed by atoms with Gasteiger partial charge in [-0.25, -0.2) is 9.97 Å². The van der Waals surface area contributed by atoms with E-state index in [0.29, 0.717) is 13.2 Å². The van der Waals surface area contributed by atoms with Gasteiger partial charge in [0.1, 0.15) is 11.6 Å². The molecule has 0 unspecified atom stereocenters. The van der Waals surface area contributed by atoms with E-state index < -0.39 is 0 Å². The zero-order valence-corrected chi connectivity index (χ0v) is 17.1. The molecular weight excluding hydrogens is 366 g/mol. The Labute approximate surface area is 172 Å². The van der Waals surface area contributed by atoms with Gasteiger partial charge in [-0.15, -0.1) is 0 Å². The third-order valence-corrected chi connectivity index (χ3v) is 6.22. The van der Waals surface area contributed by atoms with Gasteiger partial charge in [-0.05, 0) is 7.05 Å². The average molecular weight is 396 g/mol. The van der Waals surface area contributed by atoms with Crippen molar-refractivity contribution in [3.8, 4) is 11.4 Å². The molecule has 0 N–H and O–H groups in total. The van der Waals surface area contributed by atoms with E-state index in [9.17, 15) is 0 Å². The molecule has 3 aliphatic heterocycles. The van der Waals surface area contributed by atoms with Gasteiger partial charge in [0, 0.05) is 63.7 Å². The van der Waals surface area contributed by atoms with Crippen molar-refractivity contribution in [3.05, 3.63) is 36.4 Å². The first-order valence-electron chi connectivity index (χ1n) is 10.6. The molecule has 2 aromatic rings. The second-order valence-corrected chi connectivity index (χ2v) is 8.16. The highest BCUT2D eigenvalue weighted by Crippen LogP contribution is 2.34. The Bertz CT molecular complexity index is 822. The molecule has 29 heavy (non-hydrogen) atoms. The molecule has 3 fully saturated rings. The SMILES string of the molecule is CN1CCN(c2cc(N3CCC4(CC3)OCCO4)nc(-c3ccccc3)n2)CC1. The first-order chi connectivity index (χ1) is 14.2. The second kappa shape index (κ2) is 7.89. The number of hydrogen-bond acceptors (Lipinski definition) is 7. The molecule has 0 bridgehead atoms. The lowest BCUT2D eigenvalue weighted by molar-refractivity contribution is -0.169. The van der Waals surface area contributed by atoms with Gasteiger partial charge in [-0.2, -0.15) is 0 Å². The minimum absolute atomic E-state index is 0.369. The standard InChI is InChI=1S/C22H29N5O2/c1-25-11-13-27(14-12-25)20-17-19(23-21(24-20)18-5-3-2-4-6-18)26-9-7-22(8-10-26)28-15-16-29-22/h2-6,17H,7-16H2,1H3. The van der Waals surface area contributed by atoms with Crippen LogP contribution in [0.3, 0.4) is 0 Å². The quantitative estimate of drug-likeness (QED) is 0.790. The Kier molecular flexibility index (Phi) is 5.11. The molecular formula is C22H29N5O2. The highest BCUT2D eigenvalue weighted by atomic mass is 16.7. The van der Waals surface area contributed by atoms with E-state index in [0.717, 1.165) is 75.1 Å². The fraction of sp³-hybridized carbons (Fsp3) is 0.545. The van der Waals surface area contributed by atoms with Crippen molar-refractivity contribution in [2.45, 2.75) is 18.6 Å². The number of hydrogen-bond donors (Lipinski definition) is 0. The summed E-state index contributed by atoms with van der Waals surface area (Å²) in [7, 11) is 2.18. The maximum absolute atomic E-state index is 5.89. The van der Waals surface area contributed by atoms with Crippen LogP contribution >= 0.6 is 0 Å². The van der Waals surface area contributed by atoms with Gasteiger partial charge < -0.3 is 24.2 Å². The lowest BCUT2D eigenvalue weighted by Gasteiger charge is -2.38. The van der Waals surface area contributed by atoms with Crippen molar-refractivity contribution in [2.75, 3.05) is 69.3 Å². The van der Waals surface area contributed by atoms with Crippen molar-refractivity contribution >= 4 is 11.6 Å². The van der Waals surface area contributed by atoms with Gasteiger partial charge in [-0.1, -0.05) is 30.3 Å². The van der Waals surface area contributed by atoms with Gasteiger partial charge >= 0.3 is 0 Å². The molecule has 3 aliphatic rings. The molecule has 7 nitrogen and oxygen atoms in total. The number of piperazine rings is 1.